The molecule has 1 unspecified atom stereocenters. The van der Waals surface area contributed by atoms with Crippen molar-refractivity contribution in [3.05, 3.63) is 87.8 Å². The molecule has 0 aliphatic carbocycles. The first-order chi connectivity index (χ1) is 34.7. The molecule has 6 heterocycles. The van der Waals surface area contributed by atoms with Gasteiger partial charge in [0, 0.05) is 74.6 Å². The molecule has 396 valence electrons. The summed E-state index contributed by atoms with van der Waals surface area (Å²) in [4.78, 5) is 59.7. The van der Waals surface area contributed by atoms with Crippen molar-refractivity contribution < 1.29 is 51.6 Å². The third-order valence-corrected chi connectivity index (χ3v) is 14.9. The van der Waals surface area contributed by atoms with Crippen LogP contribution in [0.5, 0.6) is 5.75 Å². The van der Waals surface area contributed by atoms with Crippen molar-refractivity contribution >= 4 is 39.9 Å². The molecule has 8 rings (SSSR count). The Kier molecular flexibility index (Phi) is 16.8. The lowest BCUT2D eigenvalue weighted by molar-refractivity contribution is -0.153. The zero-order valence-electron chi connectivity index (χ0n) is 42.9. The Morgan fingerprint density at radius 2 is 1.70 bits per heavy atom. The van der Waals surface area contributed by atoms with Gasteiger partial charge in [-0.15, -0.1) is 11.3 Å². The monoisotopic (exact) mass is 1030 g/mol. The Morgan fingerprint density at radius 3 is 2.44 bits per heavy atom. The maximum atomic E-state index is 15.1. The van der Waals surface area contributed by atoms with Crippen LogP contribution in [0.1, 0.15) is 83.8 Å². The van der Waals surface area contributed by atoms with Crippen molar-refractivity contribution in [2.45, 2.75) is 109 Å². The molecule has 3 atom stereocenters. The minimum absolute atomic E-state index is 0.0113. The molecular weight excluding hydrogens is 966 g/mol. The summed E-state index contributed by atoms with van der Waals surface area (Å²) in [7, 11) is 0. The van der Waals surface area contributed by atoms with E-state index in [-0.39, 0.29) is 87.9 Å². The first kappa shape index (κ1) is 54.1. The number of carbonyl (C=O) groups is 3. The van der Waals surface area contributed by atoms with Crippen molar-refractivity contribution in [2.75, 3.05) is 95.2 Å². The van der Waals surface area contributed by atoms with Crippen molar-refractivity contribution in [3.63, 3.8) is 0 Å². The van der Waals surface area contributed by atoms with Gasteiger partial charge in [-0.1, -0.05) is 26.0 Å². The molecule has 0 saturated carbocycles. The lowest BCUT2D eigenvalue weighted by atomic mass is 9.90. The van der Waals surface area contributed by atoms with Crippen LogP contribution >= 0.6 is 11.3 Å². The van der Waals surface area contributed by atoms with Crippen molar-refractivity contribution in [3.8, 4) is 17.0 Å². The van der Waals surface area contributed by atoms with Gasteiger partial charge < -0.3 is 49.4 Å². The molecule has 2 aromatic heterocycles. The van der Waals surface area contributed by atoms with E-state index in [1.165, 1.54) is 29.5 Å². The minimum Gasteiger partial charge on any atom is -0.485 e. The number of hydrogen-bond acceptors (Lipinski definition) is 14. The number of piperazine rings is 1. The molecule has 3 fully saturated rings. The average molecular weight is 1040 g/mol. The van der Waals surface area contributed by atoms with Gasteiger partial charge in [-0.3, -0.25) is 24.3 Å². The summed E-state index contributed by atoms with van der Waals surface area (Å²) in [6.07, 6.45) is 1.15. The number of anilines is 2. The molecule has 2 aromatic carbocycles. The maximum Gasteiger partial charge on any atom is 0.245 e. The van der Waals surface area contributed by atoms with Gasteiger partial charge in [0.15, 0.2) is 16.7 Å². The molecule has 3 saturated heterocycles. The number of halogens is 3. The normalized spacial score (nSPS) is 20.5. The number of hydrogen-bond donors (Lipinski definition) is 3. The highest BCUT2D eigenvalue weighted by atomic mass is 32.1. The number of pyridine rings is 1. The van der Waals surface area contributed by atoms with E-state index in [1.807, 2.05) is 51.0 Å². The molecule has 0 radical (unpaired) electrons. The first-order valence-electron chi connectivity index (χ1n) is 25.1. The van der Waals surface area contributed by atoms with Crippen molar-refractivity contribution in [1.82, 2.24) is 30.4 Å². The van der Waals surface area contributed by atoms with Crippen LogP contribution in [-0.2, 0) is 47.0 Å². The van der Waals surface area contributed by atoms with Crippen LogP contribution in [-0.4, -0.2) is 157 Å². The number of nitrogens with one attached hydrogen (secondary N) is 2. The number of fused-ring (bicyclic) bond motifs is 1. The van der Waals surface area contributed by atoms with Crippen LogP contribution in [0.2, 0.25) is 0 Å². The third-order valence-electron chi connectivity index (χ3n) is 14.0. The molecule has 4 aliphatic heterocycles. The summed E-state index contributed by atoms with van der Waals surface area (Å²) in [5, 5.41) is 19.3. The largest absolute Gasteiger partial charge is 0.485 e. The van der Waals surface area contributed by atoms with Crippen LogP contribution in [0.25, 0.3) is 11.3 Å². The fourth-order valence-electron chi connectivity index (χ4n) is 9.79. The Labute approximate surface area is 429 Å². The fourth-order valence-corrected chi connectivity index (χ4v) is 10.7. The van der Waals surface area contributed by atoms with E-state index in [0.717, 1.165) is 22.3 Å². The zero-order chi connectivity index (χ0) is 52.2. The van der Waals surface area contributed by atoms with Gasteiger partial charge in [-0.25, -0.2) is 13.8 Å². The number of nitrogens with zero attached hydrogens (tertiary/aromatic N) is 6. The molecule has 3 N–H and O–H groups in total. The highest BCUT2D eigenvalue weighted by Gasteiger charge is 2.44. The molecule has 0 bridgehead atoms. The third kappa shape index (κ3) is 13.0. The second-order valence-electron chi connectivity index (χ2n) is 21.3. The number of aromatic nitrogens is 2. The summed E-state index contributed by atoms with van der Waals surface area (Å²) < 4.78 is 67.3. The van der Waals surface area contributed by atoms with Gasteiger partial charge in [0.25, 0.3) is 0 Å². The van der Waals surface area contributed by atoms with E-state index in [1.54, 1.807) is 35.8 Å². The Morgan fingerprint density at radius 1 is 0.959 bits per heavy atom. The number of carbonyl (C=O) groups excluding carboxylic acids is 3. The Bertz CT molecular complexity index is 2610. The summed E-state index contributed by atoms with van der Waals surface area (Å²) >= 11 is 1.43. The number of ether oxygens (including phenoxy) is 4. The number of thiazole rings is 1. The first-order valence-corrected chi connectivity index (χ1v) is 26.0. The highest BCUT2D eigenvalue weighted by molar-refractivity contribution is 7.14. The SMILES string of the molecule is C[C@@H]1CN(CC(=O)N2CC(C)(C)c3nc(CO)c(Cc4ccc(F)cc4)cc32)[C@@H](C(=O)N2CCOCC2C(=O)NCCC(C)(C)OCCC(C)(C)Oc2cc(-c3csc(N4CCOCC4)n3)cc(F)c2F)CN1. The van der Waals surface area contributed by atoms with Gasteiger partial charge in [-0.2, -0.15) is 4.39 Å². The van der Waals surface area contributed by atoms with Crippen LogP contribution in [0.15, 0.2) is 47.8 Å². The van der Waals surface area contributed by atoms with Gasteiger partial charge in [0.1, 0.15) is 23.5 Å². The number of aliphatic hydroxyl groups is 1. The molecule has 16 nitrogen and oxygen atoms in total. The lowest BCUT2D eigenvalue weighted by Gasteiger charge is -2.43. The number of amides is 3. The Balaban J connectivity index is 0.848. The van der Waals surface area contributed by atoms with E-state index < -0.39 is 40.3 Å². The van der Waals surface area contributed by atoms with Crippen molar-refractivity contribution in [2.24, 2.45) is 0 Å². The molecule has 73 heavy (non-hydrogen) atoms. The molecular formula is C53H69F3N8O8S. The molecule has 4 aliphatic rings. The van der Waals surface area contributed by atoms with Crippen LogP contribution in [0, 0.1) is 17.5 Å². The van der Waals surface area contributed by atoms with Gasteiger partial charge in [-0.05, 0) is 88.9 Å². The number of aliphatic hydroxyl groups excluding tert-OH is 1. The standard InChI is InChI=1S/C53H69F3N8O8S/c1-33-27-62(28-45(66)64-32-51(2,3)47-41(64)24-35(39(29-65)59-47)22-34-8-10-37(54)11-9-34)42(26-58-33)49(68)63-17-21-70-30-43(63)48(67)57-14-12-52(4,5)71-18-13-53(6,7)72-44-25-36(23-38(55)46(44)56)40-31-73-50(60-40)61-15-19-69-20-16-61/h8-11,23-25,31,33,42-43,58,65H,12-22,26-30,32H2,1-7H3,(H,57,67)/t33-,42-,43?/m1/s1. The molecule has 20 heteroatoms. The second kappa shape index (κ2) is 22.7. The molecule has 4 aromatic rings. The Hall–Kier alpha value is -5.22. The van der Waals surface area contributed by atoms with Crippen LogP contribution in [0.4, 0.5) is 24.0 Å². The van der Waals surface area contributed by atoms with E-state index >= 15 is 4.39 Å². The number of rotatable bonds is 18. The molecule has 0 spiro atoms. The van der Waals surface area contributed by atoms with Crippen LogP contribution < -0.4 is 25.2 Å². The van der Waals surface area contributed by atoms with Gasteiger partial charge in [0.05, 0.1) is 74.6 Å². The number of morpholine rings is 2. The summed E-state index contributed by atoms with van der Waals surface area (Å²) in [6, 6.07) is 8.99. The number of benzene rings is 2. The fraction of sp³-hybridized carbons (Fsp3) is 0.566. The smallest absolute Gasteiger partial charge is 0.245 e. The van der Waals surface area contributed by atoms with E-state index in [2.05, 4.69) is 20.5 Å². The quantitative estimate of drug-likeness (QED) is 0.113. The van der Waals surface area contributed by atoms with Gasteiger partial charge >= 0.3 is 0 Å². The van der Waals surface area contributed by atoms with Crippen LogP contribution in [0.3, 0.4) is 0 Å². The maximum absolute atomic E-state index is 15.1. The highest BCUT2D eigenvalue weighted by Crippen LogP contribution is 2.41. The summed E-state index contributed by atoms with van der Waals surface area (Å²) in [5.41, 5.74) is 2.16. The average Bonchev–Trinajstić information content (AvgIpc) is 3.95. The molecule has 3 amide bonds. The lowest BCUT2D eigenvalue weighted by Crippen LogP contribution is -2.66. The summed E-state index contributed by atoms with van der Waals surface area (Å²) in [5.74, 6) is -3.54. The van der Waals surface area contributed by atoms with E-state index in [9.17, 15) is 28.3 Å². The second-order valence-corrected chi connectivity index (χ2v) is 22.1. The predicted octanol–water partition coefficient (Wildman–Crippen LogP) is 5.61. The van der Waals surface area contributed by atoms with Crippen molar-refractivity contribution in [1.29, 1.82) is 0 Å². The van der Waals surface area contributed by atoms with E-state index in [0.29, 0.717) is 87.0 Å². The predicted molar refractivity (Wildman–Crippen MR) is 271 cm³/mol. The minimum atomic E-state index is -1.08. The topological polar surface area (TPSA) is 171 Å². The summed E-state index contributed by atoms with van der Waals surface area (Å²) in [6.45, 7) is 17.6. The van der Waals surface area contributed by atoms with E-state index in [4.69, 9.17) is 23.9 Å². The van der Waals surface area contributed by atoms with Gasteiger partial charge in [0.2, 0.25) is 23.5 Å². The zero-order valence-corrected chi connectivity index (χ0v) is 43.7.